The Bertz CT molecular complexity index is 1110. The van der Waals surface area contributed by atoms with Gasteiger partial charge in [0.15, 0.2) is 0 Å². The van der Waals surface area contributed by atoms with Crippen molar-refractivity contribution in [3.8, 4) is 0 Å². The van der Waals surface area contributed by atoms with Crippen LogP contribution in [0.15, 0.2) is 97.3 Å². The first kappa shape index (κ1) is 26.9. The summed E-state index contributed by atoms with van der Waals surface area (Å²) < 4.78 is 0. The van der Waals surface area contributed by atoms with Crippen molar-refractivity contribution in [2.45, 2.75) is 11.8 Å². The molecule has 0 bridgehead atoms. The van der Waals surface area contributed by atoms with E-state index >= 15 is 0 Å². The standard InChI is InChI=1S/2C14H10N.2ClH.Zr/c2*1-2-6-12-11(5-1)8-9-13(12)14-7-3-4-10-15-14;;;/h2*1-8,10,13H;2*1H;/q2*-1;;;+4/p-2. The van der Waals surface area contributed by atoms with Crippen LogP contribution in [0.3, 0.4) is 0 Å². The second-order valence-corrected chi connectivity index (χ2v) is 7.26. The monoisotopic (exact) mass is 544 g/mol. The van der Waals surface area contributed by atoms with E-state index in [0.717, 1.165) is 11.4 Å². The van der Waals surface area contributed by atoms with Crippen LogP contribution < -0.4 is 24.8 Å². The number of hydrogen-bond acceptors (Lipinski definition) is 2. The molecule has 5 heteroatoms. The molecule has 0 radical (unpaired) electrons. The number of allylic oxidation sites excluding steroid dienone is 2. The van der Waals surface area contributed by atoms with Crippen molar-refractivity contribution in [1.29, 1.82) is 0 Å². The normalized spacial score (nSPS) is 16.1. The number of halogens is 2. The Labute approximate surface area is 226 Å². The van der Waals surface area contributed by atoms with E-state index in [4.69, 9.17) is 0 Å². The van der Waals surface area contributed by atoms with Crippen molar-refractivity contribution in [3.05, 3.63) is 143 Å². The van der Waals surface area contributed by atoms with E-state index in [9.17, 15) is 0 Å². The Morgan fingerprint density at radius 2 is 0.909 bits per heavy atom. The average molecular weight is 547 g/mol. The van der Waals surface area contributed by atoms with Gasteiger partial charge in [-0.05, 0) is 36.1 Å². The zero-order valence-corrected chi connectivity index (χ0v) is 21.7. The Hall–Kier alpha value is -2.32. The molecule has 6 rings (SSSR count). The molecule has 0 saturated heterocycles. The summed E-state index contributed by atoms with van der Waals surface area (Å²) in [6, 6.07) is 28.8. The third-order valence-corrected chi connectivity index (χ3v) is 5.39. The zero-order chi connectivity index (χ0) is 20.2. The summed E-state index contributed by atoms with van der Waals surface area (Å²) in [5.41, 5.74) is 7.26. The van der Waals surface area contributed by atoms with Crippen LogP contribution in [-0.4, -0.2) is 9.97 Å². The molecule has 2 aliphatic carbocycles. The fourth-order valence-corrected chi connectivity index (χ4v) is 3.92. The maximum Gasteiger partial charge on any atom is 4.00 e. The van der Waals surface area contributed by atoms with Gasteiger partial charge in [0.05, 0.1) is 0 Å². The predicted molar refractivity (Wildman–Crippen MR) is 120 cm³/mol. The molecule has 2 aromatic heterocycles. The first-order valence-corrected chi connectivity index (χ1v) is 10.1. The van der Waals surface area contributed by atoms with Crippen molar-refractivity contribution >= 4 is 12.2 Å². The Kier molecular flexibility index (Phi) is 10.4. The topological polar surface area (TPSA) is 25.8 Å². The zero-order valence-electron chi connectivity index (χ0n) is 17.7. The molecule has 2 unspecified atom stereocenters. The van der Waals surface area contributed by atoms with Gasteiger partial charge >= 0.3 is 26.2 Å². The van der Waals surface area contributed by atoms with Gasteiger partial charge in [0.25, 0.3) is 0 Å². The van der Waals surface area contributed by atoms with Gasteiger partial charge in [-0.2, -0.15) is 11.1 Å². The molecule has 2 atom stereocenters. The van der Waals surface area contributed by atoms with Crippen LogP contribution in [0.4, 0.5) is 0 Å². The molecule has 2 heterocycles. The molecule has 0 fully saturated rings. The predicted octanol–water partition coefficient (Wildman–Crippen LogP) is 0.0925. The van der Waals surface area contributed by atoms with Crippen LogP contribution >= 0.6 is 0 Å². The van der Waals surface area contributed by atoms with Crippen LogP contribution in [0.25, 0.3) is 12.2 Å². The molecule has 2 aromatic carbocycles. The summed E-state index contributed by atoms with van der Waals surface area (Å²) in [4.78, 5) is 8.75. The van der Waals surface area contributed by atoms with E-state index in [1.165, 1.54) is 22.3 Å². The molecule has 2 aliphatic rings. The Balaban J connectivity index is 0.000000214. The maximum absolute atomic E-state index is 4.38. The van der Waals surface area contributed by atoms with Crippen LogP contribution in [0.2, 0.25) is 0 Å². The summed E-state index contributed by atoms with van der Waals surface area (Å²) in [5.74, 6) is 0.421. The van der Waals surface area contributed by atoms with Crippen LogP contribution in [0.5, 0.6) is 0 Å². The number of fused-ring (bicyclic) bond motifs is 2. The average Bonchev–Trinajstić information content (AvgIpc) is 3.45. The first-order chi connectivity index (χ1) is 14.9. The fourth-order valence-electron chi connectivity index (χ4n) is 3.92. The quantitative estimate of drug-likeness (QED) is 0.334. The van der Waals surface area contributed by atoms with Gasteiger partial charge in [0.2, 0.25) is 0 Å². The summed E-state index contributed by atoms with van der Waals surface area (Å²) in [5, 5.41) is 0. The molecule has 160 valence electrons. The summed E-state index contributed by atoms with van der Waals surface area (Å²) in [7, 11) is 0. The molecular weight excluding hydrogens is 526 g/mol. The second-order valence-electron chi connectivity index (χ2n) is 7.26. The van der Waals surface area contributed by atoms with E-state index in [-0.39, 0.29) is 62.9 Å². The van der Waals surface area contributed by atoms with Crippen LogP contribution in [-0.2, 0) is 26.2 Å². The number of nitrogens with zero attached hydrogens (tertiary/aromatic N) is 2. The first-order valence-electron chi connectivity index (χ1n) is 10.1. The minimum atomic E-state index is 0. The smallest absolute Gasteiger partial charge is 1.00 e. The van der Waals surface area contributed by atoms with Crippen molar-refractivity contribution in [1.82, 2.24) is 9.97 Å². The van der Waals surface area contributed by atoms with Crippen molar-refractivity contribution < 1.29 is 51.0 Å². The SMILES string of the molecule is [C-]1=Cc2ccccc2C1c1ccccn1.[C-]1=Cc2ccccc2C1c1ccccn1.[Cl-].[Cl-].[Zr+4]. The number of benzene rings is 2. The number of hydrogen-bond donors (Lipinski definition) is 0. The summed E-state index contributed by atoms with van der Waals surface area (Å²) >= 11 is 0. The summed E-state index contributed by atoms with van der Waals surface area (Å²) in [6.45, 7) is 0. The van der Waals surface area contributed by atoms with Crippen LogP contribution in [0.1, 0.15) is 45.5 Å². The molecule has 0 N–H and O–H groups in total. The molecule has 4 aromatic rings. The Morgan fingerprint density at radius 3 is 1.30 bits per heavy atom. The third kappa shape index (κ3) is 5.98. The molecular formula is C28H20Cl2N2Zr. The van der Waals surface area contributed by atoms with Crippen molar-refractivity contribution in [3.63, 3.8) is 0 Å². The fraction of sp³-hybridized carbons (Fsp3) is 0.0714. The van der Waals surface area contributed by atoms with Gasteiger partial charge in [-0.3, -0.25) is 22.1 Å². The second kappa shape index (κ2) is 12.8. The maximum atomic E-state index is 4.38. The van der Waals surface area contributed by atoms with Gasteiger partial charge in [0.1, 0.15) is 0 Å². The molecule has 0 aliphatic heterocycles. The van der Waals surface area contributed by atoms with E-state index in [1.54, 1.807) is 0 Å². The molecule has 0 spiro atoms. The molecule has 0 saturated carbocycles. The van der Waals surface area contributed by atoms with E-state index in [1.807, 2.05) is 48.8 Å². The minimum Gasteiger partial charge on any atom is -1.00 e. The number of pyridine rings is 2. The van der Waals surface area contributed by atoms with Crippen molar-refractivity contribution in [2.24, 2.45) is 0 Å². The van der Waals surface area contributed by atoms with Crippen molar-refractivity contribution in [2.75, 3.05) is 0 Å². The Morgan fingerprint density at radius 1 is 0.515 bits per heavy atom. The van der Waals surface area contributed by atoms with E-state index in [0.29, 0.717) is 0 Å². The number of rotatable bonds is 2. The van der Waals surface area contributed by atoms with Gasteiger partial charge in [-0.25, -0.2) is 12.2 Å². The van der Waals surface area contributed by atoms with E-state index in [2.05, 4.69) is 82.8 Å². The van der Waals surface area contributed by atoms with E-state index < -0.39 is 0 Å². The summed E-state index contributed by atoms with van der Waals surface area (Å²) in [6.07, 6.45) is 14.5. The van der Waals surface area contributed by atoms with Gasteiger partial charge in [0, 0.05) is 23.8 Å². The van der Waals surface area contributed by atoms with Crippen LogP contribution in [0, 0.1) is 12.2 Å². The van der Waals surface area contributed by atoms with Gasteiger partial charge in [-0.1, -0.05) is 48.5 Å². The van der Waals surface area contributed by atoms with Gasteiger partial charge < -0.3 is 24.8 Å². The van der Waals surface area contributed by atoms with Gasteiger partial charge in [-0.15, -0.1) is 23.3 Å². The largest absolute Gasteiger partial charge is 4.00 e. The molecule has 2 nitrogen and oxygen atoms in total. The third-order valence-electron chi connectivity index (χ3n) is 5.39. The molecule has 33 heavy (non-hydrogen) atoms. The number of aromatic nitrogens is 2. The molecule has 0 amide bonds. The minimum absolute atomic E-state index is 0.